The van der Waals surface area contributed by atoms with Crippen LogP contribution in [0.3, 0.4) is 0 Å². The fourth-order valence-electron chi connectivity index (χ4n) is 1.20. The monoisotopic (exact) mass is 257 g/mol. The topological polar surface area (TPSA) is 91.1 Å². The van der Waals surface area contributed by atoms with Crippen molar-refractivity contribution in [3.05, 3.63) is 28.3 Å². The molecule has 18 heavy (non-hydrogen) atoms. The van der Waals surface area contributed by atoms with Crippen LogP contribution in [-0.4, -0.2) is 43.6 Å². The minimum Gasteiger partial charge on any atom is -0.504 e. The van der Waals surface area contributed by atoms with Gasteiger partial charge in [0.15, 0.2) is 11.5 Å². The average molecular weight is 257 g/mol. The number of nitro benzene ring substituents is 1. The Bertz CT molecular complexity index is 395. The van der Waals surface area contributed by atoms with Gasteiger partial charge < -0.3 is 19.3 Å². The van der Waals surface area contributed by atoms with E-state index >= 15 is 0 Å². The second-order valence-electron chi connectivity index (χ2n) is 3.36. The largest absolute Gasteiger partial charge is 0.504 e. The van der Waals surface area contributed by atoms with Gasteiger partial charge in [0.05, 0.1) is 30.8 Å². The number of hydrogen-bond donors (Lipinski definition) is 1. The molecule has 1 rings (SSSR count). The third kappa shape index (κ3) is 4.56. The van der Waals surface area contributed by atoms with E-state index in [-0.39, 0.29) is 23.8 Å². The zero-order chi connectivity index (χ0) is 13.4. The molecular weight excluding hydrogens is 242 g/mol. The normalized spacial score (nSPS) is 10.3. The summed E-state index contributed by atoms with van der Waals surface area (Å²) in [5.41, 5.74) is -0.184. The maximum atomic E-state index is 10.4. The number of benzene rings is 1. The summed E-state index contributed by atoms with van der Waals surface area (Å²) in [4.78, 5) is 9.86. The van der Waals surface area contributed by atoms with Crippen LogP contribution < -0.4 is 4.74 Å². The number of ether oxygens (including phenoxy) is 3. The van der Waals surface area contributed by atoms with Gasteiger partial charge in [-0.2, -0.15) is 0 Å². The molecule has 0 saturated heterocycles. The Labute approximate surface area is 104 Å². The molecule has 0 radical (unpaired) electrons. The van der Waals surface area contributed by atoms with Crippen molar-refractivity contribution < 1.29 is 24.2 Å². The van der Waals surface area contributed by atoms with Gasteiger partial charge in [-0.15, -0.1) is 0 Å². The summed E-state index contributed by atoms with van der Waals surface area (Å²) in [7, 11) is 1.58. The maximum Gasteiger partial charge on any atom is 0.273 e. The molecule has 7 heteroatoms. The summed E-state index contributed by atoms with van der Waals surface area (Å²) < 4.78 is 15.2. The van der Waals surface area contributed by atoms with Crippen molar-refractivity contribution in [1.82, 2.24) is 0 Å². The number of nitrogens with zero attached hydrogens (tertiary/aromatic N) is 1. The molecule has 0 unspecified atom stereocenters. The van der Waals surface area contributed by atoms with Gasteiger partial charge in [0.1, 0.15) is 6.61 Å². The van der Waals surface area contributed by atoms with Gasteiger partial charge in [-0.05, 0) is 6.07 Å². The van der Waals surface area contributed by atoms with E-state index < -0.39 is 4.92 Å². The van der Waals surface area contributed by atoms with E-state index in [0.717, 1.165) is 6.07 Å². The second-order valence-corrected chi connectivity index (χ2v) is 3.36. The number of hydrogen-bond acceptors (Lipinski definition) is 6. The van der Waals surface area contributed by atoms with E-state index in [0.29, 0.717) is 19.8 Å². The van der Waals surface area contributed by atoms with Crippen LogP contribution in [0.2, 0.25) is 0 Å². The Kier molecular flexibility index (Phi) is 5.89. The predicted molar refractivity (Wildman–Crippen MR) is 63.0 cm³/mol. The van der Waals surface area contributed by atoms with E-state index in [9.17, 15) is 15.2 Å². The minimum absolute atomic E-state index is 0.184. The van der Waals surface area contributed by atoms with Crippen LogP contribution in [0.25, 0.3) is 0 Å². The third-order valence-electron chi connectivity index (χ3n) is 2.07. The molecule has 0 spiro atoms. The van der Waals surface area contributed by atoms with Crippen molar-refractivity contribution in [2.75, 3.05) is 33.5 Å². The molecular formula is C11H15NO6. The Morgan fingerprint density at radius 1 is 1.28 bits per heavy atom. The highest BCUT2D eigenvalue weighted by atomic mass is 16.6. The van der Waals surface area contributed by atoms with Crippen molar-refractivity contribution in [3.8, 4) is 11.5 Å². The summed E-state index contributed by atoms with van der Waals surface area (Å²) in [5, 5.41) is 19.9. The molecule has 0 aliphatic heterocycles. The molecule has 7 nitrogen and oxygen atoms in total. The van der Waals surface area contributed by atoms with E-state index in [2.05, 4.69) is 0 Å². The summed E-state index contributed by atoms with van der Waals surface area (Å²) in [5.74, 6) is -0.0722. The Morgan fingerprint density at radius 2 is 2.00 bits per heavy atom. The molecule has 0 aliphatic rings. The van der Waals surface area contributed by atoms with Crippen molar-refractivity contribution in [3.63, 3.8) is 0 Å². The number of aromatic hydroxyl groups is 1. The molecule has 0 atom stereocenters. The fraction of sp³-hybridized carbons (Fsp3) is 0.455. The number of methoxy groups -OCH3 is 1. The van der Waals surface area contributed by atoms with Gasteiger partial charge in [0, 0.05) is 13.2 Å². The minimum atomic E-state index is -0.586. The van der Waals surface area contributed by atoms with Gasteiger partial charge in [-0.25, -0.2) is 0 Å². The summed E-state index contributed by atoms with van der Waals surface area (Å²) in [6, 6.07) is 3.66. The molecule has 0 bridgehead atoms. The van der Waals surface area contributed by atoms with Crippen LogP contribution in [0.5, 0.6) is 11.5 Å². The van der Waals surface area contributed by atoms with Crippen molar-refractivity contribution in [1.29, 1.82) is 0 Å². The van der Waals surface area contributed by atoms with Crippen LogP contribution >= 0.6 is 0 Å². The van der Waals surface area contributed by atoms with Crippen LogP contribution in [0.15, 0.2) is 18.2 Å². The zero-order valence-corrected chi connectivity index (χ0v) is 10.00. The average Bonchev–Trinajstić information content (AvgIpc) is 2.35. The SMILES string of the molecule is COCCOCCOc1ccc([N+](=O)[O-])cc1O. The lowest BCUT2D eigenvalue weighted by Gasteiger charge is -2.08. The lowest BCUT2D eigenvalue weighted by atomic mass is 10.3. The summed E-state index contributed by atoms with van der Waals surface area (Å²) in [6.45, 7) is 1.56. The summed E-state index contributed by atoms with van der Waals surface area (Å²) >= 11 is 0. The van der Waals surface area contributed by atoms with Crippen molar-refractivity contribution in [2.45, 2.75) is 0 Å². The molecule has 0 aromatic heterocycles. The zero-order valence-electron chi connectivity index (χ0n) is 10.00. The highest BCUT2D eigenvalue weighted by Crippen LogP contribution is 2.29. The standard InChI is InChI=1S/C11H15NO6/c1-16-4-5-17-6-7-18-11-3-2-9(12(14)15)8-10(11)13/h2-3,8,13H,4-7H2,1H3. The van der Waals surface area contributed by atoms with E-state index in [1.807, 2.05) is 0 Å². The highest BCUT2D eigenvalue weighted by molar-refractivity contribution is 5.47. The summed E-state index contributed by atoms with van der Waals surface area (Å²) in [6.07, 6.45) is 0. The number of nitro groups is 1. The first-order valence-electron chi connectivity index (χ1n) is 5.32. The first-order chi connectivity index (χ1) is 8.65. The first-order valence-corrected chi connectivity index (χ1v) is 5.32. The first kappa shape index (κ1) is 14.2. The second kappa shape index (κ2) is 7.46. The van der Waals surface area contributed by atoms with Crippen LogP contribution in [0, 0.1) is 10.1 Å². The van der Waals surface area contributed by atoms with Gasteiger partial charge >= 0.3 is 0 Å². The quantitative estimate of drug-likeness (QED) is 0.429. The lowest BCUT2D eigenvalue weighted by molar-refractivity contribution is -0.385. The lowest BCUT2D eigenvalue weighted by Crippen LogP contribution is -2.10. The Morgan fingerprint density at radius 3 is 2.61 bits per heavy atom. The molecule has 100 valence electrons. The molecule has 0 amide bonds. The van der Waals surface area contributed by atoms with E-state index in [1.54, 1.807) is 7.11 Å². The van der Waals surface area contributed by atoms with Gasteiger partial charge in [0.2, 0.25) is 0 Å². The van der Waals surface area contributed by atoms with Gasteiger partial charge in [-0.3, -0.25) is 10.1 Å². The number of phenols is 1. The van der Waals surface area contributed by atoms with Crippen LogP contribution in [-0.2, 0) is 9.47 Å². The predicted octanol–water partition coefficient (Wildman–Crippen LogP) is 1.34. The fourth-order valence-corrected chi connectivity index (χ4v) is 1.20. The Hall–Kier alpha value is -1.86. The van der Waals surface area contributed by atoms with Crippen molar-refractivity contribution in [2.24, 2.45) is 0 Å². The Balaban J connectivity index is 2.36. The molecule has 1 aromatic rings. The molecule has 1 aromatic carbocycles. The number of rotatable bonds is 8. The molecule has 0 fully saturated rings. The molecule has 0 aliphatic carbocycles. The number of phenolic OH excluding ortho intramolecular Hbond substituents is 1. The van der Waals surface area contributed by atoms with Gasteiger partial charge in [-0.1, -0.05) is 0 Å². The number of non-ortho nitro benzene ring substituents is 1. The van der Waals surface area contributed by atoms with Crippen LogP contribution in [0.4, 0.5) is 5.69 Å². The maximum absolute atomic E-state index is 10.4. The molecule has 1 N–H and O–H groups in total. The van der Waals surface area contributed by atoms with E-state index in [4.69, 9.17) is 14.2 Å². The smallest absolute Gasteiger partial charge is 0.273 e. The molecule has 0 saturated carbocycles. The van der Waals surface area contributed by atoms with Crippen molar-refractivity contribution >= 4 is 5.69 Å². The van der Waals surface area contributed by atoms with Crippen LogP contribution in [0.1, 0.15) is 0 Å². The van der Waals surface area contributed by atoms with Gasteiger partial charge in [0.25, 0.3) is 5.69 Å². The molecule has 0 heterocycles. The van der Waals surface area contributed by atoms with E-state index in [1.165, 1.54) is 12.1 Å². The third-order valence-corrected chi connectivity index (χ3v) is 2.07. The highest BCUT2D eigenvalue weighted by Gasteiger charge is 2.10.